The summed E-state index contributed by atoms with van der Waals surface area (Å²) in [4.78, 5) is 2.57. The summed E-state index contributed by atoms with van der Waals surface area (Å²) in [6.07, 6.45) is 8.20. The highest BCUT2D eigenvalue weighted by molar-refractivity contribution is 5.58. The molecule has 0 saturated carbocycles. The smallest absolute Gasteiger partial charge is 0.0453 e. The summed E-state index contributed by atoms with van der Waals surface area (Å²) < 4.78 is 2.16. The number of aryl methyl sites for hydroxylation is 1. The molecule has 2 heterocycles. The van der Waals surface area contributed by atoms with E-state index < -0.39 is 0 Å². The highest BCUT2D eigenvalue weighted by atomic mass is 15.2. The largest absolute Gasteiger partial charge is 0.369 e. The Labute approximate surface area is 115 Å². The molecular weight excluding hydrogens is 232 g/mol. The Balaban J connectivity index is 1.91. The molecule has 0 unspecified atom stereocenters. The summed E-state index contributed by atoms with van der Waals surface area (Å²) in [5.41, 5.74) is 4.03. The van der Waals surface area contributed by atoms with E-state index in [9.17, 15) is 0 Å². The molecule has 0 spiro atoms. The first kappa shape index (κ1) is 12.3. The summed E-state index contributed by atoms with van der Waals surface area (Å²) in [5, 5.41) is 0. The zero-order chi connectivity index (χ0) is 13.2. The van der Waals surface area contributed by atoms with E-state index in [0.29, 0.717) is 6.04 Å². The summed E-state index contributed by atoms with van der Waals surface area (Å²) in [6, 6.07) is 11.6. The van der Waals surface area contributed by atoms with Gasteiger partial charge in [-0.2, -0.15) is 0 Å². The van der Waals surface area contributed by atoms with Crippen molar-refractivity contribution in [1.82, 2.24) is 4.57 Å². The second-order valence-electron chi connectivity index (χ2n) is 5.60. The van der Waals surface area contributed by atoms with E-state index in [1.54, 1.807) is 0 Å². The van der Waals surface area contributed by atoms with Gasteiger partial charge in [0.1, 0.15) is 0 Å². The predicted octanol–water partition coefficient (Wildman–Crippen LogP) is 4.16. The Morgan fingerprint density at radius 3 is 2.58 bits per heavy atom. The van der Waals surface area contributed by atoms with E-state index in [4.69, 9.17) is 0 Å². The monoisotopic (exact) mass is 254 g/mol. The van der Waals surface area contributed by atoms with Crippen molar-refractivity contribution in [2.75, 3.05) is 11.4 Å². The fraction of sp³-hybridized carbons (Fsp3) is 0.412. The molecule has 1 saturated heterocycles. The molecule has 0 bridgehead atoms. The number of piperidine rings is 1. The summed E-state index contributed by atoms with van der Waals surface area (Å²) in [7, 11) is 0. The van der Waals surface area contributed by atoms with Gasteiger partial charge < -0.3 is 9.47 Å². The molecule has 2 nitrogen and oxygen atoms in total. The van der Waals surface area contributed by atoms with E-state index in [1.807, 2.05) is 0 Å². The van der Waals surface area contributed by atoms with Gasteiger partial charge in [0.05, 0.1) is 0 Å². The van der Waals surface area contributed by atoms with E-state index in [-0.39, 0.29) is 0 Å². The first-order chi connectivity index (χ1) is 9.25. The van der Waals surface area contributed by atoms with Crippen LogP contribution in [0.5, 0.6) is 0 Å². The lowest BCUT2D eigenvalue weighted by atomic mass is 10.0. The molecule has 1 aliphatic rings. The fourth-order valence-corrected chi connectivity index (χ4v) is 3.09. The Kier molecular flexibility index (Phi) is 3.33. The maximum atomic E-state index is 2.57. The zero-order valence-electron chi connectivity index (χ0n) is 11.8. The normalized spacial score (nSPS) is 19.7. The van der Waals surface area contributed by atoms with Gasteiger partial charge in [-0.1, -0.05) is 0 Å². The van der Waals surface area contributed by atoms with Gasteiger partial charge in [0.2, 0.25) is 0 Å². The number of aromatic nitrogens is 1. The van der Waals surface area contributed by atoms with Crippen LogP contribution in [0.25, 0.3) is 5.69 Å². The van der Waals surface area contributed by atoms with Crippen molar-refractivity contribution in [3.8, 4) is 5.69 Å². The van der Waals surface area contributed by atoms with Crippen LogP contribution in [0.1, 0.15) is 31.7 Å². The minimum atomic E-state index is 0.671. The molecule has 1 atom stereocenters. The Morgan fingerprint density at radius 2 is 1.89 bits per heavy atom. The lowest BCUT2D eigenvalue weighted by Gasteiger charge is -2.36. The van der Waals surface area contributed by atoms with Crippen LogP contribution in [0.3, 0.4) is 0 Å². The van der Waals surface area contributed by atoms with Crippen molar-refractivity contribution >= 4 is 5.69 Å². The Bertz CT molecular complexity index is 542. The molecule has 0 aliphatic carbocycles. The third-order valence-corrected chi connectivity index (χ3v) is 4.20. The second kappa shape index (κ2) is 5.12. The number of anilines is 1. The lowest BCUT2D eigenvalue weighted by Crippen LogP contribution is -2.37. The minimum Gasteiger partial charge on any atom is -0.369 e. The van der Waals surface area contributed by atoms with Gasteiger partial charge in [-0.05, 0) is 69.0 Å². The van der Waals surface area contributed by atoms with Gasteiger partial charge in [-0.15, -0.1) is 0 Å². The number of benzene rings is 1. The van der Waals surface area contributed by atoms with Crippen LogP contribution in [-0.2, 0) is 0 Å². The van der Waals surface area contributed by atoms with Crippen molar-refractivity contribution in [3.05, 3.63) is 48.3 Å². The molecule has 0 amide bonds. The van der Waals surface area contributed by atoms with Gasteiger partial charge in [0, 0.05) is 36.4 Å². The third kappa shape index (κ3) is 2.40. The fourth-order valence-electron chi connectivity index (χ4n) is 3.09. The van der Waals surface area contributed by atoms with Crippen molar-refractivity contribution in [1.29, 1.82) is 0 Å². The second-order valence-corrected chi connectivity index (χ2v) is 5.60. The number of hydrogen-bond acceptors (Lipinski definition) is 1. The van der Waals surface area contributed by atoms with E-state index in [1.165, 1.54) is 42.7 Å². The van der Waals surface area contributed by atoms with E-state index in [2.05, 4.69) is 66.0 Å². The molecule has 2 aromatic rings. The highest BCUT2D eigenvalue weighted by Crippen LogP contribution is 2.29. The average molecular weight is 254 g/mol. The SMILES string of the molecule is Cc1cc(-n2cccc2)ccc1N1CCCC[C@H]1C. The Morgan fingerprint density at radius 1 is 1.11 bits per heavy atom. The van der Waals surface area contributed by atoms with Gasteiger partial charge in [0.25, 0.3) is 0 Å². The lowest BCUT2D eigenvalue weighted by molar-refractivity contribution is 0.484. The number of rotatable bonds is 2. The zero-order valence-corrected chi connectivity index (χ0v) is 11.8. The van der Waals surface area contributed by atoms with Crippen molar-refractivity contribution in [2.24, 2.45) is 0 Å². The summed E-state index contributed by atoms with van der Waals surface area (Å²) in [5.74, 6) is 0. The Hall–Kier alpha value is -1.70. The highest BCUT2D eigenvalue weighted by Gasteiger charge is 2.19. The minimum absolute atomic E-state index is 0.671. The van der Waals surface area contributed by atoms with Crippen LogP contribution in [0.15, 0.2) is 42.7 Å². The number of hydrogen-bond donors (Lipinski definition) is 0. The average Bonchev–Trinajstić information content (AvgIpc) is 2.94. The molecule has 0 N–H and O–H groups in total. The molecule has 100 valence electrons. The molecule has 1 fully saturated rings. The number of nitrogens with zero attached hydrogens (tertiary/aromatic N) is 2. The van der Waals surface area contributed by atoms with Crippen LogP contribution in [0, 0.1) is 6.92 Å². The maximum Gasteiger partial charge on any atom is 0.0453 e. The van der Waals surface area contributed by atoms with Crippen molar-refractivity contribution < 1.29 is 0 Å². The first-order valence-electron chi connectivity index (χ1n) is 7.26. The molecule has 3 rings (SSSR count). The quantitative estimate of drug-likeness (QED) is 0.781. The molecule has 1 aromatic heterocycles. The molecule has 1 aromatic carbocycles. The van der Waals surface area contributed by atoms with Gasteiger partial charge in [0.15, 0.2) is 0 Å². The van der Waals surface area contributed by atoms with Crippen LogP contribution in [0.2, 0.25) is 0 Å². The molecular formula is C17H22N2. The molecule has 19 heavy (non-hydrogen) atoms. The summed E-state index contributed by atoms with van der Waals surface area (Å²) in [6.45, 7) is 5.77. The molecule has 2 heteroatoms. The van der Waals surface area contributed by atoms with Crippen molar-refractivity contribution in [3.63, 3.8) is 0 Å². The van der Waals surface area contributed by atoms with Crippen LogP contribution >= 0.6 is 0 Å². The van der Waals surface area contributed by atoms with Gasteiger partial charge in [-0.25, -0.2) is 0 Å². The maximum absolute atomic E-state index is 2.57. The van der Waals surface area contributed by atoms with Gasteiger partial charge >= 0.3 is 0 Å². The summed E-state index contributed by atoms with van der Waals surface area (Å²) >= 11 is 0. The molecule has 0 radical (unpaired) electrons. The van der Waals surface area contributed by atoms with E-state index >= 15 is 0 Å². The van der Waals surface area contributed by atoms with Crippen LogP contribution in [-0.4, -0.2) is 17.2 Å². The van der Waals surface area contributed by atoms with Crippen LogP contribution < -0.4 is 4.90 Å². The van der Waals surface area contributed by atoms with E-state index in [0.717, 1.165) is 0 Å². The predicted molar refractivity (Wildman–Crippen MR) is 81.2 cm³/mol. The van der Waals surface area contributed by atoms with Gasteiger partial charge in [-0.3, -0.25) is 0 Å². The molecule has 1 aliphatic heterocycles. The van der Waals surface area contributed by atoms with Crippen LogP contribution in [0.4, 0.5) is 5.69 Å². The first-order valence-corrected chi connectivity index (χ1v) is 7.26. The van der Waals surface area contributed by atoms with Crippen molar-refractivity contribution in [2.45, 2.75) is 39.2 Å². The standard InChI is InChI=1S/C17H22N2/c1-14-13-16(18-10-5-6-11-18)8-9-17(14)19-12-4-3-7-15(19)2/h5-6,8-11,13,15H,3-4,7,12H2,1-2H3/t15-/m1/s1. The topological polar surface area (TPSA) is 8.17 Å². The third-order valence-electron chi connectivity index (χ3n) is 4.20.